The van der Waals surface area contributed by atoms with Gasteiger partial charge in [0.15, 0.2) is 9.84 Å². The molecule has 0 aliphatic heterocycles. The lowest BCUT2D eigenvalue weighted by molar-refractivity contribution is -0.119. The minimum absolute atomic E-state index is 0.301. The number of nitrogens with two attached hydrogens (primary N) is 1. The van der Waals surface area contributed by atoms with Crippen molar-refractivity contribution in [2.75, 3.05) is 12.8 Å². The van der Waals surface area contributed by atoms with E-state index >= 15 is 0 Å². The summed E-state index contributed by atoms with van der Waals surface area (Å²) in [5.74, 6) is -1.70. The molecule has 7 nitrogen and oxygen atoms in total. The number of rotatable bonds is 3. The number of carbonyl (C=O) groups excluding carboxylic acids is 2. The lowest BCUT2D eigenvalue weighted by Crippen LogP contribution is -2.44. The lowest BCUT2D eigenvalue weighted by atomic mass is 10.3. The van der Waals surface area contributed by atoms with E-state index in [1.54, 1.807) is 0 Å². The fraction of sp³-hybridized carbons (Fsp3) is 0.273. The number of nitrogens with one attached hydrogen (secondary N) is 2. The van der Waals surface area contributed by atoms with Gasteiger partial charge in [0.1, 0.15) is 11.1 Å². The summed E-state index contributed by atoms with van der Waals surface area (Å²) in [7, 11) is -2.85. The first-order valence-corrected chi connectivity index (χ1v) is 7.06. The number of amides is 3. The number of hydrogen-bond donors (Lipinski definition) is 3. The number of nitrogen functional groups attached to an aromatic ring is 1. The molecule has 0 spiro atoms. The molecule has 0 saturated heterocycles. The molecule has 0 fully saturated rings. The molecule has 0 aliphatic rings. The molecule has 1 unspecified atom stereocenters. The molecule has 1 rings (SSSR count). The van der Waals surface area contributed by atoms with Gasteiger partial charge >= 0.3 is 6.03 Å². The summed E-state index contributed by atoms with van der Waals surface area (Å²) in [5.41, 5.74) is 5.14. The van der Waals surface area contributed by atoms with Crippen molar-refractivity contribution in [1.29, 1.82) is 0 Å². The molecule has 4 N–H and O–H groups in total. The zero-order valence-corrected chi connectivity index (χ0v) is 11.6. The number of halogens is 1. The molecular weight excluding hydrogens is 289 g/mol. The van der Waals surface area contributed by atoms with Gasteiger partial charge in [-0.25, -0.2) is 17.6 Å². The summed E-state index contributed by atoms with van der Waals surface area (Å²) in [4.78, 5) is 22.3. The molecule has 0 aromatic heterocycles. The molecular formula is C11H14FN3O4S. The number of benzene rings is 1. The standard InChI is InChI=1S/C11H14FN3O4S/c1-6(10(16)15-11(17)14-2)20(18,19)9-4-3-7(12)5-8(9)13/h3-6H,13H2,1-2H3,(H2,14,15,16,17). The number of hydrogen-bond acceptors (Lipinski definition) is 5. The van der Waals surface area contributed by atoms with Crippen LogP contribution in [-0.2, 0) is 14.6 Å². The maximum absolute atomic E-state index is 12.9. The third kappa shape index (κ3) is 3.23. The van der Waals surface area contributed by atoms with E-state index in [9.17, 15) is 22.4 Å². The summed E-state index contributed by atoms with van der Waals surface area (Å²) in [5, 5.41) is 2.43. The largest absolute Gasteiger partial charge is 0.398 e. The second-order valence-electron chi connectivity index (χ2n) is 3.94. The van der Waals surface area contributed by atoms with Crippen LogP contribution in [0.25, 0.3) is 0 Å². The molecule has 0 saturated carbocycles. The normalized spacial score (nSPS) is 12.6. The molecule has 3 amide bonds. The Balaban J connectivity index is 3.10. The molecule has 0 aliphatic carbocycles. The average Bonchev–Trinajstić information content (AvgIpc) is 2.36. The molecule has 0 radical (unpaired) electrons. The quantitative estimate of drug-likeness (QED) is 0.537. The van der Waals surface area contributed by atoms with Gasteiger partial charge in [-0.3, -0.25) is 10.1 Å². The Bertz CT molecular complexity index is 645. The fourth-order valence-corrected chi connectivity index (χ4v) is 2.75. The van der Waals surface area contributed by atoms with Gasteiger partial charge in [0.2, 0.25) is 5.91 Å². The highest BCUT2D eigenvalue weighted by Gasteiger charge is 2.32. The Morgan fingerprint density at radius 1 is 1.35 bits per heavy atom. The third-order valence-corrected chi connectivity index (χ3v) is 4.71. The van der Waals surface area contributed by atoms with Crippen molar-refractivity contribution in [3.05, 3.63) is 24.0 Å². The van der Waals surface area contributed by atoms with Gasteiger partial charge in [-0.15, -0.1) is 0 Å². The third-order valence-electron chi connectivity index (χ3n) is 2.58. The van der Waals surface area contributed by atoms with Crippen LogP contribution in [0.4, 0.5) is 14.9 Å². The number of sulfone groups is 1. The highest BCUT2D eigenvalue weighted by atomic mass is 32.2. The fourth-order valence-electron chi connectivity index (χ4n) is 1.39. The molecule has 1 aromatic carbocycles. The summed E-state index contributed by atoms with van der Waals surface area (Å²) >= 11 is 0. The maximum atomic E-state index is 12.9. The van der Waals surface area contributed by atoms with Crippen molar-refractivity contribution in [3.63, 3.8) is 0 Å². The minimum atomic E-state index is -4.12. The van der Waals surface area contributed by atoms with E-state index in [1.165, 1.54) is 7.05 Å². The Labute approximate surface area is 115 Å². The van der Waals surface area contributed by atoms with Crippen LogP contribution in [-0.4, -0.2) is 32.7 Å². The van der Waals surface area contributed by atoms with Crippen LogP contribution in [0.1, 0.15) is 6.92 Å². The Morgan fingerprint density at radius 2 is 1.95 bits per heavy atom. The topological polar surface area (TPSA) is 118 Å². The van der Waals surface area contributed by atoms with Crippen LogP contribution in [0, 0.1) is 5.82 Å². The Hall–Kier alpha value is -2.16. The molecule has 1 aromatic rings. The first-order chi connectivity index (χ1) is 9.20. The van der Waals surface area contributed by atoms with Gasteiger partial charge in [0.25, 0.3) is 0 Å². The number of imide groups is 1. The van der Waals surface area contributed by atoms with Crippen LogP contribution in [0.2, 0.25) is 0 Å². The van der Waals surface area contributed by atoms with Crippen molar-refractivity contribution >= 4 is 27.5 Å². The highest BCUT2D eigenvalue weighted by Crippen LogP contribution is 2.23. The van der Waals surface area contributed by atoms with Crippen LogP contribution in [0.5, 0.6) is 0 Å². The zero-order valence-electron chi connectivity index (χ0n) is 10.8. The molecule has 110 valence electrons. The van der Waals surface area contributed by atoms with Crippen molar-refractivity contribution in [2.24, 2.45) is 0 Å². The first kappa shape index (κ1) is 15.9. The van der Waals surface area contributed by atoms with Gasteiger partial charge in [-0.05, 0) is 25.1 Å². The molecule has 9 heteroatoms. The van der Waals surface area contributed by atoms with E-state index in [1.807, 2.05) is 5.32 Å². The number of urea groups is 1. The molecule has 0 heterocycles. The lowest BCUT2D eigenvalue weighted by Gasteiger charge is -2.14. The highest BCUT2D eigenvalue weighted by molar-refractivity contribution is 7.93. The summed E-state index contributed by atoms with van der Waals surface area (Å²) in [6.07, 6.45) is 0. The zero-order chi connectivity index (χ0) is 15.5. The van der Waals surface area contributed by atoms with Crippen molar-refractivity contribution in [3.8, 4) is 0 Å². The number of anilines is 1. The van der Waals surface area contributed by atoms with E-state index in [4.69, 9.17) is 5.73 Å². The predicted octanol–water partition coefficient (Wildman–Crippen LogP) is 0.0257. The first-order valence-electron chi connectivity index (χ1n) is 5.51. The summed E-state index contributed by atoms with van der Waals surface area (Å²) in [6, 6.07) is 1.91. The van der Waals surface area contributed by atoms with E-state index in [0.717, 1.165) is 25.1 Å². The minimum Gasteiger partial charge on any atom is -0.398 e. The van der Waals surface area contributed by atoms with E-state index in [-0.39, 0.29) is 10.6 Å². The SMILES string of the molecule is CNC(=O)NC(=O)C(C)S(=O)(=O)c1ccc(F)cc1N. The summed E-state index contributed by atoms with van der Waals surface area (Å²) < 4.78 is 37.3. The van der Waals surface area contributed by atoms with E-state index < -0.39 is 32.8 Å². The molecule has 1 atom stereocenters. The van der Waals surface area contributed by atoms with Crippen LogP contribution in [0.3, 0.4) is 0 Å². The van der Waals surface area contributed by atoms with Gasteiger partial charge in [-0.2, -0.15) is 0 Å². The van der Waals surface area contributed by atoms with Gasteiger partial charge < -0.3 is 11.1 Å². The Morgan fingerprint density at radius 3 is 2.45 bits per heavy atom. The van der Waals surface area contributed by atoms with E-state index in [2.05, 4.69) is 5.32 Å². The monoisotopic (exact) mass is 303 g/mol. The molecule has 0 bridgehead atoms. The van der Waals surface area contributed by atoms with Gasteiger partial charge in [0.05, 0.1) is 10.6 Å². The molecule has 20 heavy (non-hydrogen) atoms. The van der Waals surface area contributed by atoms with E-state index in [0.29, 0.717) is 0 Å². The van der Waals surface area contributed by atoms with Gasteiger partial charge in [-0.1, -0.05) is 0 Å². The number of carbonyl (C=O) groups is 2. The maximum Gasteiger partial charge on any atom is 0.321 e. The van der Waals surface area contributed by atoms with Gasteiger partial charge in [0, 0.05) is 7.05 Å². The van der Waals surface area contributed by atoms with Crippen LogP contribution >= 0.6 is 0 Å². The van der Waals surface area contributed by atoms with Crippen LogP contribution in [0.15, 0.2) is 23.1 Å². The predicted molar refractivity (Wildman–Crippen MR) is 70.1 cm³/mol. The summed E-state index contributed by atoms with van der Waals surface area (Å²) in [6.45, 7) is 1.11. The van der Waals surface area contributed by atoms with Crippen molar-refractivity contribution in [2.45, 2.75) is 17.1 Å². The Kier molecular flexibility index (Phi) is 4.66. The van der Waals surface area contributed by atoms with Crippen molar-refractivity contribution in [1.82, 2.24) is 10.6 Å². The second-order valence-corrected chi connectivity index (χ2v) is 6.17. The average molecular weight is 303 g/mol. The second kappa shape index (κ2) is 5.87. The van der Waals surface area contributed by atoms with Crippen LogP contribution < -0.4 is 16.4 Å². The van der Waals surface area contributed by atoms with Crippen molar-refractivity contribution < 1.29 is 22.4 Å². The smallest absolute Gasteiger partial charge is 0.321 e.